The molecule has 2 aromatic rings. The summed E-state index contributed by atoms with van der Waals surface area (Å²) < 4.78 is 16.6. The predicted octanol–water partition coefficient (Wildman–Crippen LogP) is 3.83. The lowest BCUT2D eigenvalue weighted by atomic mass is 10.1. The van der Waals surface area contributed by atoms with Crippen molar-refractivity contribution in [2.75, 3.05) is 19.2 Å². The van der Waals surface area contributed by atoms with Gasteiger partial charge in [-0.2, -0.15) is 0 Å². The number of hydrogen-bond acceptors (Lipinski definition) is 4. The lowest BCUT2D eigenvalue weighted by Crippen LogP contribution is -2.14. The van der Waals surface area contributed by atoms with Crippen molar-refractivity contribution in [1.82, 2.24) is 0 Å². The normalized spacial score (nSPS) is 13.2. The van der Waals surface area contributed by atoms with E-state index in [9.17, 15) is 0 Å². The SMILES string of the molecule is CNc1ccc(OCc2cc(Cl)cc3c2OCOC3)cc1. The summed E-state index contributed by atoms with van der Waals surface area (Å²) in [6.07, 6.45) is 0. The zero-order chi connectivity index (χ0) is 14.7. The van der Waals surface area contributed by atoms with Crippen molar-refractivity contribution in [3.05, 3.63) is 52.5 Å². The fourth-order valence-corrected chi connectivity index (χ4v) is 2.51. The molecule has 0 bridgehead atoms. The molecular formula is C16H16ClNO3. The Labute approximate surface area is 128 Å². The third kappa shape index (κ3) is 3.23. The number of halogens is 1. The van der Waals surface area contributed by atoms with Gasteiger partial charge in [0.15, 0.2) is 6.79 Å². The molecule has 21 heavy (non-hydrogen) atoms. The van der Waals surface area contributed by atoms with Crippen molar-refractivity contribution in [2.24, 2.45) is 0 Å². The number of rotatable bonds is 4. The number of hydrogen-bond donors (Lipinski definition) is 1. The lowest BCUT2D eigenvalue weighted by molar-refractivity contribution is -0.0175. The summed E-state index contributed by atoms with van der Waals surface area (Å²) in [5.41, 5.74) is 2.93. The predicted molar refractivity (Wildman–Crippen MR) is 82.1 cm³/mol. The Kier molecular flexibility index (Phi) is 4.18. The molecule has 110 valence electrons. The number of ether oxygens (including phenoxy) is 3. The first-order valence-corrected chi connectivity index (χ1v) is 7.06. The fraction of sp³-hybridized carbons (Fsp3) is 0.250. The molecular weight excluding hydrogens is 290 g/mol. The van der Waals surface area contributed by atoms with Gasteiger partial charge in [0.25, 0.3) is 0 Å². The van der Waals surface area contributed by atoms with Gasteiger partial charge in [-0.3, -0.25) is 0 Å². The third-order valence-corrected chi connectivity index (χ3v) is 3.51. The molecule has 1 aliphatic heterocycles. The minimum absolute atomic E-state index is 0.262. The molecule has 0 radical (unpaired) electrons. The molecule has 1 aliphatic rings. The molecule has 0 spiro atoms. The van der Waals surface area contributed by atoms with E-state index in [0.717, 1.165) is 28.3 Å². The van der Waals surface area contributed by atoms with E-state index in [-0.39, 0.29) is 6.79 Å². The van der Waals surface area contributed by atoms with Gasteiger partial charge in [-0.05, 0) is 36.4 Å². The number of benzene rings is 2. The minimum Gasteiger partial charge on any atom is -0.489 e. The van der Waals surface area contributed by atoms with Gasteiger partial charge in [0.1, 0.15) is 18.1 Å². The highest BCUT2D eigenvalue weighted by molar-refractivity contribution is 6.30. The highest BCUT2D eigenvalue weighted by Gasteiger charge is 2.16. The average molecular weight is 306 g/mol. The molecule has 4 nitrogen and oxygen atoms in total. The van der Waals surface area contributed by atoms with Crippen LogP contribution in [0.5, 0.6) is 11.5 Å². The van der Waals surface area contributed by atoms with Gasteiger partial charge in [-0.1, -0.05) is 11.6 Å². The second-order valence-electron chi connectivity index (χ2n) is 4.73. The van der Waals surface area contributed by atoms with E-state index in [2.05, 4.69) is 5.32 Å². The molecule has 0 amide bonds. The quantitative estimate of drug-likeness (QED) is 0.932. The van der Waals surface area contributed by atoms with Crippen LogP contribution in [0.1, 0.15) is 11.1 Å². The van der Waals surface area contributed by atoms with Gasteiger partial charge >= 0.3 is 0 Å². The molecule has 3 rings (SSSR count). The van der Waals surface area contributed by atoms with E-state index in [1.165, 1.54) is 0 Å². The Bertz CT molecular complexity index is 628. The molecule has 2 aromatic carbocycles. The molecule has 0 saturated carbocycles. The Morgan fingerprint density at radius 1 is 1.24 bits per heavy atom. The summed E-state index contributed by atoms with van der Waals surface area (Å²) in [6, 6.07) is 11.5. The summed E-state index contributed by atoms with van der Waals surface area (Å²) in [7, 11) is 1.88. The average Bonchev–Trinajstić information content (AvgIpc) is 2.53. The van der Waals surface area contributed by atoms with E-state index < -0.39 is 0 Å². The van der Waals surface area contributed by atoms with Gasteiger partial charge in [0.2, 0.25) is 0 Å². The second-order valence-corrected chi connectivity index (χ2v) is 5.16. The first-order valence-electron chi connectivity index (χ1n) is 6.69. The molecule has 0 aromatic heterocycles. The maximum absolute atomic E-state index is 6.13. The van der Waals surface area contributed by atoms with Gasteiger partial charge in [-0.25, -0.2) is 0 Å². The van der Waals surface area contributed by atoms with Crippen LogP contribution in [0.3, 0.4) is 0 Å². The van der Waals surface area contributed by atoms with Crippen molar-refractivity contribution in [1.29, 1.82) is 0 Å². The van der Waals surface area contributed by atoms with Crippen LogP contribution in [0.4, 0.5) is 5.69 Å². The van der Waals surface area contributed by atoms with Gasteiger partial charge in [-0.15, -0.1) is 0 Å². The molecule has 0 atom stereocenters. The topological polar surface area (TPSA) is 39.7 Å². The summed E-state index contributed by atoms with van der Waals surface area (Å²) >= 11 is 6.13. The Morgan fingerprint density at radius 3 is 2.81 bits per heavy atom. The summed E-state index contributed by atoms with van der Waals surface area (Å²) in [5, 5.41) is 3.73. The first-order chi connectivity index (χ1) is 10.3. The molecule has 0 saturated heterocycles. The van der Waals surface area contributed by atoms with Crippen LogP contribution < -0.4 is 14.8 Å². The second kappa shape index (κ2) is 6.24. The zero-order valence-electron chi connectivity index (χ0n) is 11.7. The molecule has 0 aliphatic carbocycles. The number of anilines is 1. The summed E-state index contributed by atoms with van der Waals surface area (Å²) in [5.74, 6) is 1.62. The molecule has 0 fully saturated rings. The van der Waals surface area contributed by atoms with E-state index >= 15 is 0 Å². The van der Waals surface area contributed by atoms with Crippen LogP contribution >= 0.6 is 11.6 Å². The van der Waals surface area contributed by atoms with Crippen molar-refractivity contribution >= 4 is 17.3 Å². The number of nitrogens with one attached hydrogen (secondary N) is 1. The van der Waals surface area contributed by atoms with Crippen LogP contribution in [-0.4, -0.2) is 13.8 Å². The Balaban J connectivity index is 1.76. The smallest absolute Gasteiger partial charge is 0.189 e. The minimum atomic E-state index is 0.262. The van der Waals surface area contributed by atoms with E-state index in [0.29, 0.717) is 18.2 Å². The standard InChI is InChI=1S/C16H16ClNO3/c1-18-14-2-4-15(5-3-14)20-9-12-7-13(17)6-11-8-19-10-21-16(11)12/h2-7,18H,8-10H2,1H3. The monoisotopic (exact) mass is 305 g/mol. The largest absolute Gasteiger partial charge is 0.489 e. The molecule has 0 unspecified atom stereocenters. The number of fused-ring (bicyclic) bond motifs is 1. The van der Waals surface area contributed by atoms with Crippen LogP contribution in [-0.2, 0) is 18.0 Å². The maximum atomic E-state index is 6.13. The Hall–Kier alpha value is -1.91. The zero-order valence-corrected chi connectivity index (χ0v) is 12.4. The van der Waals surface area contributed by atoms with Crippen LogP contribution in [0.15, 0.2) is 36.4 Å². The van der Waals surface area contributed by atoms with Crippen molar-refractivity contribution < 1.29 is 14.2 Å². The van der Waals surface area contributed by atoms with E-state index in [1.54, 1.807) is 0 Å². The van der Waals surface area contributed by atoms with Crippen molar-refractivity contribution in [3.8, 4) is 11.5 Å². The van der Waals surface area contributed by atoms with Gasteiger partial charge in [0.05, 0.1) is 6.61 Å². The van der Waals surface area contributed by atoms with Crippen molar-refractivity contribution in [2.45, 2.75) is 13.2 Å². The highest BCUT2D eigenvalue weighted by atomic mass is 35.5. The molecule has 1 heterocycles. The highest BCUT2D eigenvalue weighted by Crippen LogP contribution is 2.32. The van der Waals surface area contributed by atoms with Crippen molar-refractivity contribution in [3.63, 3.8) is 0 Å². The summed E-state index contributed by atoms with van der Waals surface area (Å²) in [6.45, 7) is 1.18. The van der Waals surface area contributed by atoms with E-state index in [1.807, 2.05) is 43.4 Å². The maximum Gasteiger partial charge on any atom is 0.189 e. The van der Waals surface area contributed by atoms with Crippen LogP contribution in [0, 0.1) is 0 Å². The van der Waals surface area contributed by atoms with Gasteiger partial charge in [0, 0.05) is 28.9 Å². The third-order valence-electron chi connectivity index (χ3n) is 3.29. The summed E-state index contributed by atoms with van der Waals surface area (Å²) in [4.78, 5) is 0. The first kappa shape index (κ1) is 14.0. The fourth-order valence-electron chi connectivity index (χ4n) is 2.24. The molecule has 1 N–H and O–H groups in total. The van der Waals surface area contributed by atoms with Crippen LogP contribution in [0.25, 0.3) is 0 Å². The van der Waals surface area contributed by atoms with Gasteiger partial charge < -0.3 is 19.5 Å². The Morgan fingerprint density at radius 2 is 2.05 bits per heavy atom. The lowest BCUT2D eigenvalue weighted by Gasteiger charge is -2.21. The van der Waals surface area contributed by atoms with Crippen LogP contribution in [0.2, 0.25) is 5.02 Å². The molecule has 5 heteroatoms. The van der Waals surface area contributed by atoms with E-state index in [4.69, 9.17) is 25.8 Å².